The van der Waals surface area contributed by atoms with E-state index in [1.165, 1.54) is 6.92 Å². The number of nitrogens with one attached hydrogen (secondary N) is 3. The van der Waals surface area contributed by atoms with E-state index in [2.05, 4.69) is 20.9 Å². The van der Waals surface area contributed by atoms with Crippen molar-refractivity contribution < 1.29 is 14.3 Å². The third-order valence-corrected chi connectivity index (χ3v) is 3.98. The van der Waals surface area contributed by atoms with Crippen molar-refractivity contribution in [2.75, 3.05) is 23.8 Å². The molecule has 3 N–H and O–H groups in total. The lowest BCUT2D eigenvalue weighted by atomic mass is 10.2. The molecule has 3 rings (SSSR count). The predicted molar refractivity (Wildman–Crippen MR) is 99.6 cm³/mol. The van der Waals surface area contributed by atoms with Gasteiger partial charge in [-0.25, -0.2) is 4.98 Å². The van der Waals surface area contributed by atoms with Crippen LogP contribution >= 0.6 is 0 Å². The van der Waals surface area contributed by atoms with Crippen LogP contribution in [0.4, 0.5) is 17.1 Å². The standard InChI is InChI=1S/C19H22N4O3/c1-13(24)22-14-4-2-5-15(10-14)23-16-7-8-18(20-11-16)19(25)21-12-17-6-3-9-26-17/h2,4-5,7-8,10-11,17,23H,3,6,9,12H2,1H3,(H,21,25)(H,22,24). The van der Waals surface area contributed by atoms with Crippen LogP contribution in [0, 0.1) is 0 Å². The Morgan fingerprint density at radius 1 is 1.19 bits per heavy atom. The number of ether oxygens (including phenoxy) is 1. The van der Waals surface area contributed by atoms with Gasteiger partial charge >= 0.3 is 0 Å². The van der Waals surface area contributed by atoms with Crippen molar-refractivity contribution in [1.29, 1.82) is 0 Å². The second-order valence-electron chi connectivity index (χ2n) is 6.16. The summed E-state index contributed by atoms with van der Waals surface area (Å²) in [7, 11) is 0. The molecule has 7 nitrogen and oxygen atoms in total. The maximum atomic E-state index is 12.1. The van der Waals surface area contributed by atoms with Crippen LogP contribution in [-0.2, 0) is 9.53 Å². The first-order valence-electron chi connectivity index (χ1n) is 8.61. The molecule has 1 unspecified atom stereocenters. The van der Waals surface area contributed by atoms with E-state index in [0.29, 0.717) is 17.9 Å². The van der Waals surface area contributed by atoms with Crippen LogP contribution < -0.4 is 16.0 Å². The third kappa shape index (κ3) is 5.03. The summed E-state index contributed by atoms with van der Waals surface area (Å²) in [4.78, 5) is 27.5. The van der Waals surface area contributed by atoms with Gasteiger partial charge in [0.15, 0.2) is 0 Å². The van der Waals surface area contributed by atoms with Gasteiger partial charge in [0.2, 0.25) is 5.91 Å². The molecule has 2 amide bonds. The Morgan fingerprint density at radius 2 is 2.04 bits per heavy atom. The highest BCUT2D eigenvalue weighted by Crippen LogP contribution is 2.20. The molecule has 1 aliphatic heterocycles. The lowest BCUT2D eigenvalue weighted by Crippen LogP contribution is -2.32. The van der Waals surface area contributed by atoms with Crippen molar-refractivity contribution in [2.45, 2.75) is 25.9 Å². The number of aromatic nitrogens is 1. The minimum atomic E-state index is -0.209. The molecule has 7 heteroatoms. The average Bonchev–Trinajstić information content (AvgIpc) is 3.14. The molecule has 1 atom stereocenters. The summed E-state index contributed by atoms with van der Waals surface area (Å²) in [6.07, 6.45) is 3.73. The maximum Gasteiger partial charge on any atom is 0.269 e. The van der Waals surface area contributed by atoms with E-state index in [0.717, 1.165) is 30.8 Å². The monoisotopic (exact) mass is 354 g/mol. The minimum absolute atomic E-state index is 0.107. The fourth-order valence-corrected chi connectivity index (χ4v) is 2.75. The van der Waals surface area contributed by atoms with Gasteiger partial charge in [-0.05, 0) is 43.2 Å². The van der Waals surface area contributed by atoms with Crippen LogP contribution in [0.5, 0.6) is 0 Å². The highest BCUT2D eigenvalue weighted by molar-refractivity contribution is 5.92. The van der Waals surface area contributed by atoms with Crippen LogP contribution in [0.1, 0.15) is 30.3 Å². The molecule has 1 aliphatic rings. The zero-order valence-electron chi connectivity index (χ0n) is 14.6. The van der Waals surface area contributed by atoms with Crippen molar-refractivity contribution >= 4 is 28.9 Å². The Hall–Kier alpha value is -2.93. The van der Waals surface area contributed by atoms with E-state index in [1.54, 1.807) is 18.3 Å². The first-order valence-corrected chi connectivity index (χ1v) is 8.61. The topological polar surface area (TPSA) is 92.4 Å². The Bertz CT molecular complexity index is 771. The van der Waals surface area contributed by atoms with Gasteiger partial charge in [0.05, 0.1) is 18.0 Å². The molecule has 1 fully saturated rings. The fourth-order valence-electron chi connectivity index (χ4n) is 2.75. The fraction of sp³-hybridized carbons (Fsp3) is 0.316. The van der Waals surface area contributed by atoms with Crippen LogP contribution in [0.3, 0.4) is 0 Å². The molecule has 1 saturated heterocycles. The first-order chi connectivity index (χ1) is 12.6. The van der Waals surface area contributed by atoms with E-state index >= 15 is 0 Å². The van der Waals surface area contributed by atoms with Crippen LogP contribution in [0.2, 0.25) is 0 Å². The van der Waals surface area contributed by atoms with Crippen molar-refractivity contribution in [3.63, 3.8) is 0 Å². The number of carbonyl (C=O) groups excluding carboxylic acids is 2. The smallest absolute Gasteiger partial charge is 0.269 e. The minimum Gasteiger partial charge on any atom is -0.376 e. The summed E-state index contributed by atoms with van der Waals surface area (Å²) in [5, 5.41) is 8.78. The number of nitrogens with zero attached hydrogens (tertiary/aromatic N) is 1. The van der Waals surface area contributed by atoms with Gasteiger partial charge in [0, 0.05) is 31.5 Å². The van der Waals surface area contributed by atoms with Crippen molar-refractivity contribution in [3.05, 3.63) is 48.3 Å². The molecule has 136 valence electrons. The molecule has 0 radical (unpaired) electrons. The van der Waals surface area contributed by atoms with Gasteiger partial charge < -0.3 is 20.7 Å². The zero-order chi connectivity index (χ0) is 18.4. The van der Waals surface area contributed by atoms with Gasteiger partial charge in [0.25, 0.3) is 5.91 Å². The van der Waals surface area contributed by atoms with E-state index in [1.807, 2.05) is 24.3 Å². The Kier molecular flexibility index (Phi) is 5.80. The lowest BCUT2D eigenvalue weighted by molar-refractivity contribution is -0.114. The van der Waals surface area contributed by atoms with Gasteiger partial charge in [-0.3, -0.25) is 9.59 Å². The Labute approximate surface area is 152 Å². The van der Waals surface area contributed by atoms with Gasteiger partial charge in [-0.1, -0.05) is 6.07 Å². The van der Waals surface area contributed by atoms with Gasteiger partial charge in [-0.15, -0.1) is 0 Å². The van der Waals surface area contributed by atoms with E-state index in [-0.39, 0.29) is 17.9 Å². The van der Waals surface area contributed by atoms with E-state index in [9.17, 15) is 9.59 Å². The summed E-state index contributed by atoms with van der Waals surface area (Å²) >= 11 is 0. The number of hydrogen-bond donors (Lipinski definition) is 3. The van der Waals surface area contributed by atoms with Gasteiger partial charge in [0.1, 0.15) is 5.69 Å². The molecular formula is C19H22N4O3. The highest BCUT2D eigenvalue weighted by Gasteiger charge is 2.17. The zero-order valence-corrected chi connectivity index (χ0v) is 14.6. The number of anilines is 3. The van der Waals surface area contributed by atoms with Gasteiger partial charge in [-0.2, -0.15) is 0 Å². The normalized spacial score (nSPS) is 16.1. The molecule has 1 aromatic heterocycles. The predicted octanol–water partition coefficient (Wildman–Crippen LogP) is 2.69. The molecule has 2 aromatic rings. The Balaban J connectivity index is 1.57. The molecule has 2 heterocycles. The van der Waals surface area contributed by atoms with E-state index in [4.69, 9.17) is 4.74 Å². The number of rotatable bonds is 6. The van der Waals surface area contributed by atoms with Crippen molar-refractivity contribution in [3.8, 4) is 0 Å². The number of amides is 2. The third-order valence-electron chi connectivity index (χ3n) is 3.98. The molecule has 0 spiro atoms. The first kappa shape index (κ1) is 17.9. The lowest BCUT2D eigenvalue weighted by Gasteiger charge is -2.11. The summed E-state index contributed by atoms with van der Waals surface area (Å²) in [5.41, 5.74) is 2.63. The van der Waals surface area contributed by atoms with Crippen LogP contribution in [0.25, 0.3) is 0 Å². The quantitative estimate of drug-likeness (QED) is 0.742. The summed E-state index contributed by atoms with van der Waals surface area (Å²) in [5.74, 6) is -0.332. The molecule has 26 heavy (non-hydrogen) atoms. The average molecular weight is 354 g/mol. The molecule has 0 aliphatic carbocycles. The summed E-state index contributed by atoms with van der Waals surface area (Å²) in [6, 6.07) is 10.8. The molecule has 0 bridgehead atoms. The number of benzene rings is 1. The SMILES string of the molecule is CC(=O)Nc1cccc(Nc2ccc(C(=O)NCC3CCCO3)nc2)c1. The summed E-state index contributed by atoms with van der Waals surface area (Å²) < 4.78 is 5.49. The highest BCUT2D eigenvalue weighted by atomic mass is 16.5. The largest absolute Gasteiger partial charge is 0.376 e. The van der Waals surface area contributed by atoms with Crippen molar-refractivity contribution in [2.24, 2.45) is 0 Å². The van der Waals surface area contributed by atoms with Crippen molar-refractivity contribution in [1.82, 2.24) is 10.3 Å². The second kappa shape index (κ2) is 8.44. The number of pyridine rings is 1. The second-order valence-corrected chi connectivity index (χ2v) is 6.16. The summed E-state index contributed by atoms with van der Waals surface area (Å²) in [6.45, 7) is 2.74. The Morgan fingerprint density at radius 3 is 2.73 bits per heavy atom. The van der Waals surface area contributed by atoms with E-state index < -0.39 is 0 Å². The molecule has 1 aromatic carbocycles. The number of carbonyl (C=O) groups is 2. The van der Waals surface area contributed by atoms with Crippen LogP contribution in [-0.4, -0.2) is 36.1 Å². The number of hydrogen-bond acceptors (Lipinski definition) is 5. The molecule has 0 saturated carbocycles. The molecular weight excluding hydrogens is 332 g/mol. The van der Waals surface area contributed by atoms with Crippen LogP contribution in [0.15, 0.2) is 42.6 Å². The maximum absolute atomic E-state index is 12.1.